The molecule has 4 rings (SSSR count). The molecular weight excluding hydrogens is 361 g/mol. The third-order valence-electron chi connectivity index (χ3n) is 3.93. The number of nitrogens with zero attached hydrogens (tertiary/aromatic N) is 3. The number of hydrogen-bond donors (Lipinski definition) is 1. The second-order valence-corrected chi connectivity index (χ2v) is 6.01. The number of alkyl halides is 3. The number of aromatic amines is 1. The average Bonchev–Trinajstić information content (AvgIpc) is 3.02. The number of pyridine rings is 1. The summed E-state index contributed by atoms with van der Waals surface area (Å²) < 4.78 is 40.7. The molecule has 0 saturated heterocycles. The number of halogens is 3. The fourth-order valence-corrected chi connectivity index (χ4v) is 2.96. The Morgan fingerprint density at radius 1 is 0.962 bits per heavy atom. The van der Waals surface area contributed by atoms with Gasteiger partial charge in [-0.15, -0.1) is 0 Å². The molecule has 8 heteroatoms. The van der Waals surface area contributed by atoms with E-state index >= 15 is 0 Å². The molecule has 0 radical (unpaired) electrons. The van der Waals surface area contributed by atoms with Gasteiger partial charge in [-0.3, -0.25) is 9.67 Å². The first-order chi connectivity index (χ1) is 12.4. The van der Waals surface area contributed by atoms with Gasteiger partial charge >= 0.3 is 6.18 Å². The van der Waals surface area contributed by atoms with Gasteiger partial charge in [-0.1, -0.05) is 30.3 Å². The van der Waals surface area contributed by atoms with Gasteiger partial charge in [-0.05, 0) is 42.5 Å². The van der Waals surface area contributed by atoms with Crippen molar-refractivity contribution < 1.29 is 13.2 Å². The van der Waals surface area contributed by atoms with Crippen LogP contribution in [0.3, 0.4) is 0 Å². The Hall–Kier alpha value is -3.00. The van der Waals surface area contributed by atoms with Gasteiger partial charge in [0.15, 0.2) is 10.6 Å². The third kappa shape index (κ3) is 2.88. The van der Waals surface area contributed by atoms with E-state index in [2.05, 4.69) is 15.2 Å². The average molecular weight is 372 g/mol. The van der Waals surface area contributed by atoms with Crippen LogP contribution in [0.15, 0.2) is 60.7 Å². The van der Waals surface area contributed by atoms with Gasteiger partial charge in [0.05, 0.1) is 16.8 Å². The Kier molecular flexibility index (Phi) is 3.84. The van der Waals surface area contributed by atoms with Crippen LogP contribution in [0.2, 0.25) is 0 Å². The molecule has 2 aromatic carbocycles. The molecule has 0 unspecified atom stereocenters. The van der Waals surface area contributed by atoms with Gasteiger partial charge in [0.25, 0.3) is 0 Å². The highest BCUT2D eigenvalue weighted by atomic mass is 32.1. The van der Waals surface area contributed by atoms with E-state index in [-0.39, 0.29) is 10.5 Å². The smallest absolute Gasteiger partial charge is 0.267 e. The van der Waals surface area contributed by atoms with Crippen molar-refractivity contribution in [3.8, 4) is 17.2 Å². The second-order valence-electron chi connectivity index (χ2n) is 5.63. The molecule has 4 nitrogen and oxygen atoms in total. The van der Waals surface area contributed by atoms with Gasteiger partial charge in [0.1, 0.15) is 5.69 Å². The molecule has 2 aromatic heterocycles. The maximum atomic E-state index is 13.0. The lowest BCUT2D eigenvalue weighted by molar-refractivity contribution is -0.137. The quantitative estimate of drug-likeness (QED) is 0.494. The van der Waals surface area contributed by atoms with Crippen molar-refractivity contribution in [1.29, 1.82) is 0 Å². The highest BCUT2D eigenvalue weighted by Gasteiger charge is 2.30. The van der Waals surface area contributed by atoms with Crippen LogP contribution < -0.4 is 0 Å². The van der Waals surface area contributed by atoms with Crippen molar-refractivity contribution in [3.63, 3.8) is 0 Å². The van der Waals surface area contributed by atoms with E-state index in [4.69, 9.17) is 12.2 Å². The van der Waals surface area contributed by atoms with Crippen molar-refractivity contribution >= 4 is 23.1 Å². The highest BCUT2D eigenvalue weighted by molar-refractivity contribution is 7.71. The summed E-state index contributed by atoms with van der Waals surface area (Å²) in [5.41, 5.74) is 0.780. The lowest BCUT2D eigenvalue weighted by Gasteiger charge is -2.11. The van der Waals surface area contributed by atoms with Crippen LogP contribution >= 0.6 is 12.2 Å². The fourth-order valence-electron chi connectivity index (χ4n) is 2.72. The molecule has 4 aromatic rings. The molecule has 0 saturated carbocycles. The zero-order valence-electron chi connectivity index (χ0n) is 13.2. The molecule has 0 amide bonds. The van der Waals surface area contributed by atoms with E-state index in [0.717, 1.165) is 23.0 Å². The molecule has 0 spiro atoms. The Balaban J connectivity index is 1.89. The number of nitrogens with one attached hydrogen (secondary N) is 1. The third-order valence-corrected chi connectivity index (χ3v) is 4.21. The first-order valence-corrected chi connectivity index (χ1v) is 8.05. The number of benzene rings is 2. The minimum absolute atomic E-state index is 0.189. The topological polar surface area (TPSA) is 46.5 Å². The van der Waals surface area contributed by atoms with E-state index in [1.54, 1.807) is 12.1 Å². The molecule has 0 aliphatic heterocycles. The number of fused-ring (bicyclic) bond motifs is 1. The predicted molar refractivity (Wildman–Crippen MR) is 94.5 cm³/mol. The molecular formula is C18H11F3N4S. The summed E-state index contributed by atoms with van der Waals surface area (Å²) in [7, 11) is 0. The second kappa shape index (κ2) is 6.06. The molecule has 0 aliphatic rings. The van der Waals surface area contributed by atoms with E-state index in [1.165, 1.54) is 10.6 Å². The molecule has 0 bridgehead atoms. The summed E-state index contributed by atoms with van der Waals surface area (Å²) >= 11 is 5.22. The fraction of sp³-hybridized carbons (Fsp3) is 0.0556. The number of rotatable bonds is 2. The standard InChI is InChI=1S/C18H11F3N4S/c19-18(20,21)12-5-3-6-13(10-12)25-16(23-24-17(25)26)15-9-8-11-4-1-2-7-14(11)22-15/h1-10H,(H,24,26). The van der Waals surface area contributed by atoms with Crippen LogP contribution in [0, 0.1) is 4.77 Å². The van der Waals surface area contributed by atoms with Crippen LogP contribution in [0.5, 0.6) is 0 Å². The Labute approximate surface area is 150 Å². The number of hydrogen-bond acceptors (Lipinski definition) is 3. The molecule has 0 aliphatic carbocycles. The van der Waals surface area contributed by atoms with E-state index in [1.807, 2.05) is 30.3 Å². The summed E-state index contributed by atoms with van der Waals surface area (Å²) in [6.07, 6.45) is -4.44. The van der Waals surface area contributed by atoms with Gasteiger partial charge < -0.3 is 0 Å². The first kappa shape index (κ1) is 16.5. The Morgan fingerprint density at radius 3 is 2.58 bits per heavy atom. The number of aromatic nitrogens is 4. The molecule has 0 fully saturated rings. The lowest BCUT2D eigenvalue weighted by Crippen LogP contribution is -2.07. The van der Waals surface area contributed by atoms with Crippen LogP contribution in [0.1, 0.15) is 5.56 Å². The first-order valence-electron chi connectivity index (χ1n) is 7.65. The summed E-state index contributed by atoms with van der Waals surface area (Å²) in [4.78, 5) is 4.54. The van der Waals surface area contributed by atoms with Crippen LogP contribution in [-0.2, 0) is 6.18 Å². The predicted octanol–water partition coefficient (Wildman–Crippen LogP) is 5.16. The summed E-state index contributed by atoms with van der Waals surface area (Å²) in [5, 5.41) is 7.75. The van der Waals surface area contributed by atoms with Crippen molar-refractivity contribution in [1.82, 2.24) is 19.7 Å². The number of H-pyrrole nitrogens is 1. The van der Waals surface area contributed by atoms with Gasteiger partial charge in [0, 0.05) is 5.39 Å². The molecule has 0 atom stereocenters. The van der Waals surface area contributed by atoms with E-state index < -0.39 is 11.7 Å². The van der Waals surface area contributed by atoms with Crippen molar-refractivity contribution in [3.05, 3.63) is 71.0 Å². The summed E-state index contributed by atoms with van der Waals surface area (Å²) in [6, 6.07) is 16.1. The van der Waals surface area contributed by atoms with E-state index in [0.29, 0.717) is 11.5 Å². The molecule has 2 heterocycles. The molecule has 26 heavy (non-hydrogen) atoms. The van der Waals surface area contributed by atoms with Crippen LogP contribution in [0.4, 0.5) is 13.2 Å². The monoisotopic (exact) mass is 372 g/mol. The Bertz CT molecular complexity index is 1160. The van der Waals surface area contributed by atoms with E-state index in [9.17, 15) is 13.2 Å². The van der Waals surface area contributed by atoms with Crippen LogP contribution in [0.25, 0.3) is 28.1 Å². The summed E-state index contributed by atoms with van der Waals surface area (Å²) in [6.45, 7) is 0. The SMILES string of the molecule is FC(F)(F)c1cccc(-n2c(-c3ccc4ccccc4n3)n[nH]c2=S)c1. The Morgan fingerprint density at radius 2 is 1.77 bits per heavy atom. The van der Waals surface area contributed by atoms with Crippen molar-refractivity contribution in [2.24, 2.45) is 0 Å². The number of para-hydroxylation sites is 1. The summed E-state index contributed by atoms with van der Waals surface area (Å²) in [5.74, 6) is 0.347. The van der Waals surface area contributed by atoms with Gasteiger partial charge in [-0.2, -0.15) is 18.3 Å². The molecule has 130 valence electrons. The zero-order chi connectivity index (χ0) is 18.3. The van der Waals surface area contributed by atoms with Gasteiger partial charge in [0.2, 0.25) is 0 Å². The molecule has 1 N–H and O–H groups in total. The van der Waals surface area contributed by atoms with Gasteiger partial charge in [-0.25, -0.2) is 4.98 Å². The maximum absolute atomic E-state index is 13.0. The van der Waals surface area contributed by atoms with Crippen LogP contribution in [-0.4, -0.2) is 19.7 Å². The lowest BCUT2D eigenvalue weighted by atomic mass is 10.2. The van der Waals surface area contributed by atoms with Crippen molar-refractivity contribution in [2.45, 2.75) is 6.18 Å². The largest absolute Gasteiger partial charge is 0.416 e. The maximum Gasteiger partial charge on any atom is 0.416 e. The minimum atomic E-state index is -4.44. The van der Waals surface area contributed by atoms with Crippen molar-refractivity contribution in [2.75, 3.05) is 0 Å². The minimum Gasteiger partial charge on any atom is -0.267 e. The zero-order valence-corrected chi connectivity index (χ0v) is 14.0. The highest BCUT2D eigenvalue weighted by Crippen LogP contribution is 2.31. The normalized spacial score (nSPS) is 11.8.